The van der Waals surface area contributed by atoms with E-state index in [2.05, 4.69) is 16.3 Å². The first-order valence-corrected chi connectivity index (χ1v) is 11.7. The van der Waals surface area contributed by atoms with Gasteiger partial charge in [0.25, 0.3) is 0 Å². The molecule has 0 aromatic heterocycles. The van der Waals surface area contributed by atoms with Crippen LogP contribution < -0.4 is 11.1 Å². The standard InChI is InChI=1S/C26H32N4O3/c1-18(31)30-14-12-20-5-2-3-7-23(20)24(30)15-25(32)28-22-10-8-19(9-11-22)16-29-13-4-6-21(17-29)26(27)33/h2-3,5,7-11,21,24H,4,6,12-17H2,1H3,(H2,27,33)(H,28,32). The molecule has 4 rings (SSSR count). The maximum absolute atomic E-state index is 12.9. The van der Waals surface area contributed by atoms with Gasteiger partial charge in [-0.05, 0) is 54.6 Å². The van der Waals surface area contributed by atoms with Gasteiger partial charge in [-0.3, -0.25) is 19.3 Å². The number of benzene rings is 2. The minimum Gasteiger partial charge on any atom is -0.369 e. The van der Waals surface area contributed by atoms with Crippen molar-refractivity contribution in [2.75, 3.05) is 25.0 Å². The Morgan fingerprint density at radius 2 is 1.82 bits per heavy atom. The number of carbonyl (C=O) groups is 3. The highest BCUT2D eigenvalue weighted by atomic mass is 16.2. The minimum absolute atomic E-state index is 0.0112. The lowest BCUT2D eigenvalue weighted by Crippen LogP contribution is -2.40. The summed E-state index contributed by atoms with van der Waals surface area (Å²) in [7, 11) is 0. The zero-order valence-corrected chi connectivity index (χ0v) is 19.1. The monoisotopic (exact) mass is 448 g/mol. The number of nitrogens with one attached hydrogen (secondary N) is 1. The smallest absolute Gasteiger partial charge is 0.226 e. The molecule has 2 unspecified atom stereocenters. The normalized spacial score (nSPS) is 20.7. The van der Waals surface area contributed by atoms with Crippen LogP contribution in [-0.4, -0.2) is 47.2 Å². The molecule has 0 aliphatic carbocycles. The topological polar surface area (TPSA) is 95.7 Å². The number of fused-ring (bicyclic) bond motifs is 1. The highest BCUT2D eigenvalue weighted by molar-refractivity contribution is 5.91. The van der Waals surface area contributed by atoms with Gasteiger partial charge in [0.15, 0.2) is 0 Å². The second-order valence-electron chi connectivity index (χ2n) is 9.10. The Bertz CT molecular complexity index is 1020. The van der Waals surface area contributed by atoms with Gasteiger partial charge in [0, 0.05) is 32.2 Å². The van der Waals surface area contributed by atoms with E-state index in [1.165, 1.54) is 5.56 Å². The molecule has 2 aromatic carbocycles. The predicted octanol–water partition coefficient (Wildman–Crippen LogP) is 2.86. The van der Waals surface area contributed by atoms with Gasteiger partial charge in [0.2, 0.25) is 17.7 Å². The van der Waals surface area contributed by atoms with Gasteiger partial charge >= 0.3 is 0 Å². The number of primary amides is 1. The van der Waals surface area contributed by atoms with Gasteiger partial charge in [0.05, 0.1) is 18.4 Å². The first-order chi connectivity index (χ1) is 15.9. The largest absolute Gasteiger partial charge is 0.369 e. The number of carbonyl (C=O) groups excluding carboxylic acids is 3. The minimum atomic E-state index is -0.246. The highest BCUT2D eigenvalue weighted by Gasteiger charge is 2.30. The molecule has 33 heavy (non-hydrogen) atoms. The zero-order chi connectivity index (χ0) is 23.4. The van der Waals surface area contributed by atoms with Gasteiger partial charge in [-0.2, -0.15) is 0 Å². The molecule has 3 N–H and O–H groups in total. The summed E-state index contributed by atoms with van der Waals surface area (Å²) in [6.07, 6.45) is 2.87. The molecule has 0 bridgehead atoms. The molecule has 1 fully saturated rings. The summed E-state index contributed by atoms with van der Waals surface area (Å²) in [4.78, 5) is 40.6. The van der Waals surface area contributed by atoms with Crippen LogP contribution in [0.4, 0.5) is 5.69 Å². The van der Waals surface area contributed by atoms with Crippen molar-refractivity contribution in [3.63, 3.8) is 0 Å². The van der Waals surface area contributed by atoms with E-state index >= 15 is 0 Å². The fourth-order valence-electron chi connectivity index (χ4n) is 5.02. The van der Waals surface area contributed by atoms with Crippen molar-refractivity contribution in [1.82, 2.24) is 9.80 Å². The molecule has 0 saturated carbocycles. The van der Waals surface area contributed by atoms with Crippen molar-refractivity contribution in [2.45, 2.75) is 45.2 Å². The molecule has 2 heterocycles. The second-order valence-corrected chi connectivity index (χ2v) is 9.10. The van der Waals surface area contributed by atoms with Crippen LogP contribution in [0.1, 0.15) is 48.9 Å². The predicted molar refractivity (Wildman–Crippen MR) is 127 cm³/mol. The Kier molecular flexibility index (Phi) is 7.08. The number of piperidine rings is 1. The van der Waals surface area contributed by atoms with Crippen molar-refractivity contribution in [1.29, 1.82) is 0 Å². The van der Waals surface area contributed by atoms with Crippen molar-refractivity contribution in [3.05, 3.63) is 65.2 Å². The summed E-state index contributed by atoms with van der Waals surface area (Å²) in [5, 5.41) is 2.98. The van der Waals surface area contributed by atoms with Gasteiger partial charge < -0.3 is 16.0 Å². The lowest BCUT2D eigenvalue weighted by molar-refractivity contribution is -0.132. The van der Waals surface area contributed by atoms with E-state index < -0.39 is 0 Å². The van der Waals surface area contributed by atoms with Crippen molar-refractivity contribution in [3.8, 4) is 0 Å². The van der Waals surface area contributed by atoms with E-state index in [-0.39, 0.29) is 36.1 Å². The van der Waals surface area contributed by atoms with Crippen LogP contribution in [0.15, 0.2) is 48.5 Å². The van der Waals surface area contributed by atoms with Crippen molar-refractivity contribution >= 4 is 23.4 Å². The van der Waals surface area contributed by atoms with Crippen LogP contribution in [0.25, 0.3) is 0 Å². The molecule has 1 saturated heterocycles. The van der Waals surface area contributed by atoms with E-state index in [1.807, 2.05) is 42.5 Å². The summed E-state index contributed by atoms with van der Waals surface area (Å²) in [5.74, 6) is -0.419. The Labute approximate surface area is 194 Å². The summed E-state index contributed by atoms with van der Waals surface area (Å²) in [6, 6.07) is 15.6. The van der Waals surface area contributed by atoms with E-state index in [0.29, 0.717) is 13.1 Å². The molecule has 0 radical (unpaired) electrons. The Morgan fingerprint density at radius 1 is 1.06 bits per heavy atom. The lowest BCUT2D eigenvalue weighted by Gasteiger charge is -2.36. The molecule has 2 atom stereocenters. The summed E-state index contributed by atoms with van der Waals surface area (Å²) < 4.78 is 0. The summed E-state index contributed by atoms with van der Waals surface area (Å²) in [6.45, 7) is 4.60. The summed E-state index contributed by atoms with van der Waals surface area (Å²) in [5.41, 5.74) is 9.60. The lowest BCUT2D eigenvalue weighted by atomic mass is 9.90. The number of nitrogens with two attached hydrogens (primary N) is 1. The number of amides is 3. The molecule has 2 aliphatic heterocycles. The maximum Gasteiger partial charge on any atom is 0.226 e. The third kappa shape index (κ3) is 5.60. The SMILES string of the molecule is CC(=O)N1CCc2ccccc2C1CC(=O)Nc1ccc(CN2CCCC(C(N)=O)C2)cc1. The average Bonchev–Trinajstić information content (AvgIpc) is 2.80. The highest BCUT2D eigenvalue weighted by Crippen LogP contribution is 2.32. The van der Waals surface area contributed by atoms with Gasteiger partial charge in [-0.25, -0.2) is 0 Å². The van der Waals surface area contributed by atoms with Crippen LogP contribution in [0.3, 0.4) is 0 Å². The van der Waals surface area contributed by atoms with Gasteiger partial charge in [-0.15, -0.1) is 0 Å². The fourth-order valence-corrected chi connectivity index (χ4v) is 5.02. The maximum atomic E-state index is 12.9. The number of hydrogen-bond donors (Lipinski definition) is 2. The van der Waals surface area contributed by atoms with Crippen molar-refractivity contribution in [2.24, 2.45) is 11.7 Å². The number of anilines is 1. The first-order valence-electron chi connectivity index (χ1n) is 11.7. The van der Waals surface area contributed by atoms with Crippen molar-refractivity contribution < 1.29 is 14.4 Å². The molecular formula is C26H32N4O3. The van der Waals surface area contributed by atoms with E-state index in [4.69, 9.17) is 5.73 Å². The molecule has 3 amide bonds. The second kappa shape index (κ2) is 10.2. The molecule has 7 heteroatoms. The van der Waals surface area contributed by atoms with Crippen LogP contribution in [0.2, 0.25) is 0 Å². The fraction of sp³-hybridized carbons (Fsp3) is 0.423. The van der Waals surface area contributed by atoms with E-state index in [0.717, 1.165) is 49.2 Å². The molecule has 0 spiro atoms. The number of nitrogens with zero attached hydrogens (tertiary/aromatic N) is 2. The average molecular weight is 449 g/mol. The molecular weight excluding hydrogens is 416 g/mol. The quantitative estimate of drug-likeness (QED) is 0.710. The van der Waals surface area contributed by atoms with Crippen LogP contribution in [-0.2, 0) is 27.3 Å². The molecule has 174 valence electrons. The van der Waals surface area contributed by atoms with Crippen LogP contribution in [0.5, 0.6) is 0 Å². The molecule has 7 nitrogen and oxygen atoms in total. The van der Waals surface area contributed by atoms with E-state index in [9.17, 15) is 14.4 Å². The Hall–Kier alpha value is -3.19. The van der Waals surface area contributed by atoms with E-state index in [1.54, 1.807) is 11.8 Å². The van der Waals surface area contributed by atoms with Gasteiger partial charge in [-0.1, -0.05) is 36.4 Å². The third-order valence-corrected chi connectivity index (χ3v) is 6.75. The Balaban J connectivity index is 1.37. The summed E-state index contributed by atoms with van der Waals surface area (Å²) >= 11 is 0. The number of rotatable bonds is 6. The first kappa shape index (κ1) is 23.0. The zero-order valence-electron chi connectivity index (χ0n) is 19.1. The number of likely N-dealkylation sites (tertiary alicyclic amines) is 1. The Morgan fingerprint density at radius 3 is 2.55 bits per heavy atom. The molecule has 2 aromatic rings. The molecule has 2 aliphatic rings. The van der Waals surface area contributed by atoms with Crippen LogP contribution in [0, 0.1) is 5.92 Å². The number of hydrogen-bond acceptors (Lipinski definition) is 4. The third-order valence-electron chi connectivity index (χ3n) is 6.75. The van der Waals surface area contributed by atoms with Gasteiger partial charge in [0.1, 0.15) is 0 Å². The van der Waals surface area contributed by atoms with Crippen LogP contribution >= 0.6 is 0 Å².